The molecule has 0 aliphatic carbocycles. The minimum Gasteiger partial charge on any atom is -0.243 e. The summed E-state index contributed by atoms with van der Waals surface area (Å²) in [6.45, 7) is 7.90. The molecule has 0 amide bonds. The minimum atomic E-state index is -0.937. The molecule has 1 heterocycles. The highest BCUT2D eigenvalue weighted by atomic mass is 32.2. The molecule has 2 nitrogen and oxygen atoms in total. The van der Waals surface area contributed by atoms with Crippen molar-refractivity contribution in [3.63, 3.8) is 0 Å². The highest BCUT2D eigenvalue weighted by Crippen LogP contribution is 2.15. The van der Waals surface area contributed by atoms with E-state index < -0.39 is 11.0 Å². The van der Waals surface area contributed by atoms with Crippen molar-refractivity contribution in [2.24, 2.45) is 0 Å². The summed E-state index contributed by atoms with van der Waals surface area (Å²) in [5, 5.41) is 0. The maximum atomic E-state index is 11.2. The number of hydrogen-bond acceptors (Lipinski definition) is 1. The molecule has 1 rings (SSSR count). The Morgan fingerprint density at radius 2 is 1.85 bits per heavy atom. The second kappa shape index (κ2) is 4.94. The van der Waals surface area contributed by atoms with E-state index in [1.165, 1.54) is 0 Å². The topological polar surface area (TPSA) is 29.1 Å². The van der Waals surface area contributed by atoms with Crippen molar-refractivity contribution in [3.05, 3.63) is 48.6 Å². The summed E-state index contributed by atoms with van der Waals surface area (Å²) in [7, 11) is -0.937. The fourth-order valence-corrected chi connectivity index (χ4v) is 2.15. The second-order valence-electron chi connectivity index (χ2n) is 2.67. The summed E-state index contributed by atoms with van der Waals surface area (Å²) in [4.78, 5) is 0. The van der Waals surface area contributed by atoms with Crippen molar-refractivity contribution in [1.29, 1.82) is 0 Å². The first kappa shape index (κ1) is 10.2. The molecule has 3 heteroatoms. The van der Waals surface area contributed by atoms with E-state index >= 15 is 0 Å². The molecule has 0 radical (unpaired) electrons. The third-order valence-electron chi connectivity index (χ3n) is 1.76. The van der Waals surface area contributed by atoms with Crippen LogP contribution < -0.4 is 4.72 Å². The van der Waals surface area contributed by atoms with Crippen LogP contribution in [-0.4, -0.2) is 16.5 Å². The molecule has 0 aromatic heterocycles. The third-order valence-corrected chi connectivity index (χ3v) is 2.80. The second-order valence-corrected chi connectivity index (χ2v) is 3.93. The van der Waals surface area contributed by atoms with E-state index in [2.05, 4.69) is 17.9 Å². The molecule has 13 heavy (non-hydrogen) atoms. The van der Waals surface area contributed by atoms with E-state index in [0.29, 0.717) is 12.3 Å². The molecule has 0 aromatic rings. The van der Waals surface area contributed by atoms with Crippen LogP contribution in [0.25, 0.3) is 0 Å². The van der Waals surface area contributed by atoms with Crippen LogP contribution in [0, 0.1) is 0 Å². The minimum absolute atomic E-state index is 0.547. The van der Waals surface area contributed by atoms with E-state index in [-0.39, 0.29) is 0 Å². The normalized spacial score (nSPS) is 29.1. The zero-order valence-electron chi connectivity index (χ0n) is 7.45. The lowest BCUT2D eigenvalue weighted by atomic mass is 10.1. The molecule has 1 N–H and O–H groups in total. The first-order chi connectivity index (χ1) is 6.27. The van der Waals surface area contributed by atoms with Gasteiger partial charge < -0.3 is 0 Å². The van der Waals surface area contributed by atoms with Gasteiger partial charge in [0.2, 0.25) is 0 Å². The molecule has 1 fully saturated rings. The largest absolute Gasteiger partial charge is 0.243 e. The Bertz CT molecular complexity index is 302. The highest BCUT2D eigenvalue weighted by molar-refractivity contribution is 7.83. The van der Waals surface area contributed by atoms with Gasteiger partial charge in [-0.05, 0) is 11.1 Å². The van der Waals surface area contributed by atoms with Gasteiger partial charge in [0.15, 0.2) is 0 Å². The maximum absolute atomic E-state index is 11.2. The molecule has 0 bridgehead atoms. The van der Waals surface area contributed by atoms with Crippen molar-refractivity contribution in [2.45, 2.75) is 0 Å². The molecular weight excluding hydrogens is 182 g/mol. The van der Waals surface area contributed by atoms with Crippen molar-refractivity contribution < 1.29 is 4.21 Å². The van der Waals surface area contributed by atoms with Gasteiger partial charge in [0.05, 0.1) is 16.7 Å². The molecule has 0 aromatic carbocycles. The Morgan fingerprint density at radius 3 is 2.46 bits per heavy atom. The maximum Gasteiger partial charge on any atom is 0.0963 e. The van der Waals surface area contributed by atoms with Crippen LogP contribution in [0.4, 0.5) is 0 Å². The lowest BCUT2D eigenvalue weighted by molar-refractivity contribution is 0.673. The summed E-state index contributed by atoms with van der Waals surface area (Å²) in [5.41, 5.74) is 2.21. The zero-order chi connectivity index (χ0) is 9.68. The summed E-state index contributed by atoms with van der Waals surface area (Å²) in [6.07, 6.45) is 7.28. The van der Waals surface area contributed by atoms with Gasteiger partial charge in [-0.2, -0.15) is 0 Å². The van der Waals surface area contributed by atoms with Crippen LogP contribution in [-0.2, 0) is 11.0 Å². The van der Waals surface area contributed by atoms with Crippen molar-refractivity contribution in [3.8, 4) is 0 Å². The van der Waals surface area contributed by atoms with E-state index in [1.807, 2.05) is 12.2 Å². The van der Waals surface area contributed by atoms with Crippen molar-refractivity contribution in [2.75, 3.05) is 12.3 Å². The van der Waals surface area contributed by atoms with Gasteiger partial charge in [0.1, 0.15) is 0 Å². The molecule has 1 aliphatic heterocycles. The molecule has 1 atom stereocenters. The molecular formula is C10H13NOS. The van der Waals surface area contributed by atoms with Crippen LogP contribution in [0.15, 0.2) is 48.6 Å². The summed E-state index contributed by atoms with van der Waals surface area (Å²) in [6, 6.07) is 0. The molecule has 0 spiro atoms. The van der Waals surface area contributed by atoms with Gasteiger partial charge >= 0.3 is 0 Å². The van der Waals surface area contributed by atoms with Crippen LogP contribution in [0.2, 0.25) is 0 Å². The predicted octanol–water partition coefficient (Wildman–Crippen LogP) is 1.48. The zero-order valence-corrected chi connectivity index (χ0v) is 8.27. The van der Waals surface area contributed by atoms with E-state index in [4.69, 9.17) is 0 Å². The number of nitrogens with one attached hydrogen (secondary N) is 1. The Labute approximate surface area is 81.3 Å². The van der Waals surface area contributed by atoms with Crippen molar-refractivity contribution in [1.82, 2.24) is 4.72 Å². The summed E-state index contributed by atoms with van der Waals surface area (Å²) in [5.74, 6) is 0.547. The van der Waals surface area contributed by atoms with Crippen LogP contribution in [0.1, 0.15) is 0 Å². The Hall–Kier alpha value is -0.930. The van der Waals surface area contributed by atoms with Gasteiger partial charge in [-0.1, -0.05) is 37.5 Å². The Morgan fingerprint density at radius 1 is 1.23 bits per heavy atom. The Balaban J connectivity index is 2.90. The van der Waals surface area contributed by atoms with E-state index in [9.17, 15) is 4.21 Å². The average Bonchev–Trinajstić information content (AvgIpc) is 2.10. The molecule has 1 saturated heterocycles. The molecule has 70 valence electrons. The lowest BCUT2D eigenvalue weighted by Crippen LogP contribution is -2.30. The SMILES string of the molecule is C=C/C=C1/CNS(=O)C/C1=C/C=C. The quantitative estimate of drug-likeness (QED) is 0.710. The van der Waals surface area contributed by atoms with Gasteiger partial charge in [0, 0.05) is 6.54 Å². The fraction of sp³-hybridized carbons (Fsp3) is 0.200. The fourth-order valence-electron chi connectivity index (χ4n) is 1.16. The average molecular weight is 195 g/mol. The van der Waals surface area contributed by atoms with Crippen molar-refractivity contribution >= 4 is 11.0 Å². The number of rotatable bonds is 2. The van der Waals surface area contributed by atoms with Gasteiger partial charge in [-0.15, -0.1) is 0 Å². The predicted molar refractivity (Wildman–Crippen MR) is 57.6 cm³/mol. The monoisotopic (exact) mass is 195 g/mol. The highest BCUT2D eigenvalue weighted by Gasteiger charge is 2.14. The van der Waals surface area contributed by atoms with Crippen LogP contribution >= 0.6 is 0 Å². The number of allylic oxidation sites excluding steroid dienone is 4. The van der Waals surface area contributed by atoms with E-state index in [0.717, 1.165) is 11.1 Å². The molecule has 1 aliphatic rings. The van der Waals surface area contributed by atoms with E-state index in [1.54, 1.807) is 12.2 Å². The number of hydrogen-bond donors (Lipinski definition) is 1. The molecule has 0 saturated carbocycles. The first-order valence-corrected chi connectivity index (χ1v) is 5.35. The lowest BCUT2D eigenvalue weighted by Gasteiger charge is -2.18. The third kappa shape index (κ3) is 2.79. The van der Waals surface area contributed by atoms with Crippen LogP contribution in [0.3, 0.4) is 0 Å². The first-order valence-electron chi connectivity index (χ1n) is 4.03. The van der Waals surface area contributed by atoms with Gasteiger partial charge in [0.25, 0.3) is 0 Å². The standard InChI is InChI=1S/C10H13NOS/c1-3-5-9-7-11-13(12)8-10(9)6-4-2/h3-6,11H,1-2,7-8H2/b9-5-,10-6-. The summed E-state index contributed by atoms with van der Waals surface area (Å²) < 4.78 is 14.1. The van der Waals surface area contributed by atoms with Gasteiger partial charge in [-0.25, -0.2) is 8.93 Å². The summed E-state index contributed by atoms with van der Waals surface area (Å²) >= 11 is 0. The van der Waals surface area contributed by atoms with Gasteiger partial charge in [-0.3, -0.25) is 0 Å². The molecule has 1 unspecified atom stereocenters. The smallest absolute Gasteiger partial charge is 0.0963 e. The Kier molecular flexibility index (Phi) is 3.86. The van der Waals surface area contributed by atoms with Crippen LogP contribution in [0.5, 0.6) is 0 Å².